The van der Waals surface area contributed by atoms with Crippen LogP contribution in [0, 0.1) is 0 Å². The molecule has 2 rings (SSSR count). The van der Waals surface area contributed by atoms with E-state index >= 15 is 0 Å². The summed E-state index contributed by atoms with van der Waals surface area (Å²) >= 11 is 0. The highest BCUT2D eigenvalue weighted by molar-refractivity contribution is 5.74. The summed E-state index contributed by atoms with van der Waals surface area (Å²) in [4.78, 5) is 4.03. The Morgan fingerprint density at radius 2 is 1.88 bits per heavy atom. The number of nitrogens with one attached hydrogen (secondary N) is 1. The van der Waals surface area contributed by atoms with E-state index in [-0.39, 0.29) is 17.2 Å². The number of phenolic OH excluding ortho intramolecular Hbond substituents is 2. The van der Waals surface area contributed by atoms with Crippen LogP contribution < -0.4 is 11.1 Å². The Hall–Kier alpha value is -2.43. The number of nitrogens with two attached hydrogens (primary N) is 1. The molecule has 1 aromatic carbocycles. The van der Waals surface area contributed by atoms with Crippen molar-refractivity contribution in [1.82, 2.24) is 4.98 Å². The van der Waals surface area contributed by atoms with Gasteiger partial charge in [0.15, 0.2) is 11.5 Å². The molecule has 5 N–H and O–H groups in total. The second kappa shape index (κ2) is 3.98. The third-order valence-electron chi connectivity index (χ3n) is 2.11. The average Bonchev–Trinajstić information content (AvgIpc) is 2.31. The van der Waals surface area contributed by atoms with E-state index < -0.39 is 0 Å². The van der Waals surface area contributed by atoms with Crippen molar-refractivity contribution in [2.24, 2.45) is 0 Å². The molecule has 0 unspecified atom stereocenters. The average molecular weight is 217 g/mol. The fraction of sp³-hybridized carbons (Fsp3) is 0. The Bertz CT molecular complexity index is 500. The van der Waals surface area contributed by atoms with Crippen LogP contribution in [0.25, 0.3) is 0 Å². The highest BCUT2D eigenvalue weighted by atomic mass is 16.3. The molecule has 0 saturated carbocycles. The molecule has 0 atom stereocenters. The van der Waals surface area contributed by atoms with Crippen LogP contribution in [0.3, 0.4) is 0 Å². The largest absolute Gasteiger partial charge is 0.503 e. The number of rotatable bonds is 2. The first-order valence-corrected chi connectivity index (χ1v) is 4.67. The summed E-state index contributed by atoms with van der Waals surface area (Å²) in [7, 11) is 0. The van der Waals surface area contributed by atoms with Gasteiger partial charge in [0.25, 0.3) is 0 Å². The summed E-state index contributed by atoms with van der Waals surface area (Å²) in [5, 5.41) is 21.9. The molecule has 16 heavy (non-hydrogen) atoms. The van der Waals surface area contributed by atoms with Crippen molar-refractivity contribution in [1.29, 1.82) is 0 Å². The molecule has 0 saturated heterocycles. The first kappa shape index (κ1) is 10.1. The second-order valence-electron chi connectivity index (χ2n) is 3.24. The van der Waals surface area contributed by atoms with Crippen LogP contribution in [0.2, 0.25) is 0 Å². The van der Waals surface area contributed by atoms with Gasteiger partial charge >= 0.3 is 0 Å². The van der Waals surface area contributed by atoms with E-state index in [1.165, 1.54) is 6.07 Å². The fourth-order valence-corrected chi connectivity index (χ4v) is 1.27. The fourth-order valence-electron chi connectivity index (χ4n) is 1.27. The Balaban J connectivity index is 2.33. The van der Waals surface area contributed by atoms with Crippen molar-refractivity contribution < 1.29 is 10.2 Å². The van der Waals surface area contributed by atoms with Crippen LogP contribution in [0.1, 0.15) is 0 Å². The molecule has 0 bridgehead atoms. The summed E-state index contributed by atoms with van der Waals surface area (Å²) in [6.07, 6.45) is 1.62. The lowest BCUT2D eigenvalue weighted by Gasteiger charge is -2.09. The number of anilines is 3. The lowest BCUT2D eigenvalue weighted by atomic mass is 10.2. The monoisotopic (exact) mass is 217 g/mol. The van der Waals surface area contributed by atoms with Crippen LogP contribution in [0.15, 0.2) is 36.5 Å². The molecular weight excluding hydrogens is 206 g/mol. The van der Waals surface area contributed by atoms with Crippen molar-refractivity contribution in [2.75, 3.05) is 11.1 Å². The maximum absolute atomic E-state index is 9.62. The Kier molecular flexibility index (Phi) is 2.51. The number of nitrogens with zero attached hydrogens (tertiary/aromatic N) is 1. The van der Waals surface area contributed by atoms with Gasteiger partial charge in [-0.05, 0) is 24.3 Å². The van der Waals surface area contributed by atoms with E-state index in [9.17, 15) is 10.2 Å². The summed E-state index contributed by atoms with van der Waals surface area (Å²) in [5.74, 6) is -0.0476. The third-order valence-corrected chi connectivity index (χ3v) is 2.11. The molecule has 0 fully saturated rings. The van der Waals surface area contributed by atoms with Crippen LogP contribution in [-0.2, 0) is 0 Å². The van der Waals surface area contributed by atoms with Gasteiger partial charge < -0.3 is 21.3 Å². The SMILES string of the molecule is Nc1ccc(Nc2ccccn2)c(O)c1O. The van der Waals surface area contributed by atoms with Crippen LogP contribution >= 0.6 is 0 Å². The molecule has 0 radical (unpaired) electrons. The van der Waals surface area contributed by atoms with E-state index in [0.29, 0.717) is 11.5 Å². The summed E-state index contributed by atoms with van der Waals surface area (Å²) in [6.45, 7) is 0. The Morgan fingerprint density at radius 3 is 2.56 bits per heavy atom. The van der Waals surface area contributed by atoms with Crippen molar-refractivity contribution in [3.05, 3.63) is 36.5 Å². The predicted octanol–water partition coefficient (Wildman–Crippen LogP) is 1.82. The zero-order chi connectivity index (χ0) is 11.5. The van der Waals surface area contributed by atoms with Crippen molar-refractivity contribution in [3.8, 4) is 11.5 Å². The van der Waals surface area contributed by atoms with Crippen LogP contribution in [0.5, 0.6) is 11.5 Å². The lowest BCUT2D eigenvalue weighted by Crippen LogP contribution is -1.94. The molecule has 0 aliphatic carbocycles. The number of phenols is 2. The van der Waals surface area contributed by atoms with Gasteiger partial charge in [0.05, 0.1) is 11.4 Å². The molecule has 0 aliphatic rings. The van der Waals surface area contributed by atoms with Gasteiger partial charge in [-0.3, -0.25) is 0 Å². The molecular formula is C11H11N3O2. The number of hydrogen-bond donors (Lipinski definition) is 4. The minimum absolute atomic E-state index is 0.129. The molecule has 0 amide bonds. The highest BCUT2D eigenvalue weighted by Gasteiger charge is 2.09. The maximum Gasteiger partial charge on any atom is 0.183 e. The predicted molar refractivity (Wildman–Crippen MR) is 61.7 cm³/mol. The van der Waals surface area contributed by atoms with Crippen molar-refractivity contribution in [2.45, 2.75) is 0 Å². The minimum Gasteiger partial charge on any atom is -0.503 e. The van der Waals surface area contributed by atoms with Crippen LogP contribution in [0.4, 0.5) is 17.2 Å². The first-order valence-electron chi connectivity index (χ1n) is 4.67. The molecule has 2 aromatic rings. The molecule has 5 heteroatoms. The van der Waals surface area contributed by atoms with Gasteiger partial charge in [0, 0.05) is 6.20 Å². The van der Waals surface area contributed by atoms with Gasteiger partial charge in [-0.1, -0.05) is 6.07 Å². The number of aromatic nitrogens is 1. The van der Waals surface area contributed by atoms with E-state index in [0.717, 1.165) is 0 Å². The summed E-state index contributed by atoms with van der Waals surface area (Å²) < 4.78 is 0. The molecule has 0 spiro atoms. The molecule has 82 valence electrons. The molecule has 5 nitrogen and oxygen atoms in total. The van der Waals surface area contributed by atoms with Gasteiger partial charge in [-0.25, -0.2) is 4.98 Å². The Labute approximate surface area is 92.2 Å². The van der Waals surface area contributed by atoms with E-state index in [1.807, 2.05) is 6.07 Å². The lowest BCUT2D eigenvalue weighted by molar-refractivity contribution is 0.407. The molecule has 1 heterocycles. The van der Waals surface area contributed by atoms with Crippen molar-refractivity contribution >= 4 is 17.2 Å². The summed E-state index contributed by atoms with van der Waals surface area (Å²) in [6, 6.07) is 8.40. The Morgan fingerprint density at radius 1 is 1.06 bits per heavy atom. The van der Waals surface area contributed by atoms with Gasteiger partial charge in [-0.15, -0.1) is 0 Å². The molecule has 0 aliphatic heterocycles. The number of hydrogen-bond acceptors (Lipinski definition) is 5. The smallest absolute Gasteiger partial charge is 0.183 e. The van der Waals surface area contributed by atoms with Gasteiger partial charge in [-0.2, -0.15) is 0 Å². The van der Waals surface area contributed by atoms with Gasteiger partial charge in [0.1, 0.15) is 5.82 Å². The highest BCUT2D eigenvalue weighted by Crippen LogP contribution is 2.38. The van der Waals surface area contributed by atoms with E-state index in [1.54, 1.807) is 24.4 Å². The molecule has 1 aromatic heterocycles. The topological polar surface area (TPSA) is 91.4 Å². The zero-order valence-electron chi connectivity index (χ0n) is 8.38. The number of aromatic hydroxyl groups is 2. The third kappa shape index (κ3) is 1.83. The normalized spacial score (nSPS) is 10.0. The number of benzene rings is 1. The standard InChI is InChI=1S/C11H11N3O2/c12-7-4-5-8(11(16)10(7)15)14-9-3-1-2-6-13-9/h1-6,15-16H,12H2,(H,13,14). The van der Waals surface area contributed by atoms with Gasteiger partial charge in [0.2, 0.25) is 0 Å². The second-order valence-corrected chi connectivity index (χ2v) is 3.24. The number of nitrogen functional groups attached to an aromatic ring is 1. The first-order chi connectivity index (χ1) is 7.68. The number of pyridine rings is 1. The zero-order valence-corrected chi connectivity index (χ0v) is 8.38. The van der Waals surface area contributed by atoms with Crippen LogP contribution in [-0.4, -0.2) is 15.2 Å². The maximum atomic E-state index is 9.62. The van der Waals surface area contributed by atoms with E-state index in [2.05, 4.69) is 10.3 Å². The van der Waals surface area contributed by atoms with E-state index in [4.69, 9.17) is 5.73 Å². The minimum atomic E-state index is -0.332. The van der Waals surface area contributed by atoms with Crippen molar-refractivity contribution in [3.63, 3.8) is 0 Å². The quantitative estimate of drug-likeness (QED) is 0.455. The summed E-state index contributed by atoms with van der Waals surface area (Å²) in [5.41, 5.74) is 5.91.